The lowest BCUT2D eigenvalue weighted by Crippen LogP contribution is -2.30. The molecule has 0 radical (unpaired) electrons. The highest BCUT2D eigenvalue weighted by Crippen LogP contribution is 2.05. The smallest absolute Gasteiger partial charge is 0.333 e. The maximum atomic E-state index is 11.6. The Labute approximate surface area is 102 Å². The van der Waals surface area contributed by atoms with Crippen LogP contribution in [0.3, 0.4) is 0 Å². The van der Waals surface area contributed by atoms with Crippen LogP contribution in [0.2, 0.25) is 0 Å². The predicted octanol–water partition coefficient (Wildman–Crippen LogP) is 1.62. The van der Waals surface area contributed by atoms with Gasteiger partial charge >= 0.3 is 5.97 Å². The third kappa shape index (κ3) is 6.16. The molecule has 0 saturated carbocycles. The van der Waals surface area contributed by atoms with Gasteiger partial charge in [-0.3, -0.25) is 0 Å². The molecule has 0 aromatic carbocycles. The first-order chi connectivity index (χ1) is 8.69. The van der Waals surface area contributed by atoms with E-state index in [4.69, 9.17) is 21.6 Å². The lowest BCUT2D eigenvalue weighted by molar-refractivity contribution is -0.150. The van der Waals surface area contributed by atoms with Crippen LogP contribution in [0, 0.1) is 0 Å². The van der Waals surface area contributed by atoms with Gasteiger partial charge in [-0.15, -0.1) is 0 Å². The van der Waals surface area contributed by atoms with Gasteiger partial charge in [-0.05, 0) is 17.5 Å². The number of carbonyl (C=O) groups excluding carboxylic acids is 1. The van der Waals surface area contributed by atoms with Crippen molar-refractivity contribution in [1.82, 2.24) is 0 Å². The Morgan fingerprint density at radius 3 is 2.44 bits per heavy atom. The van der Waals surface area contributed by atoms with Gasteiger partial charge in [-0.2, -0.15) is 5.11 Å². The second-order valence-electron chi connectivity index (χ2n) is 3.04. The molecule has 0 aliphatic heterocycles. The standard InChI is InChI=1S/C7H13N9O2/c1-2-5(3-11-14-8)18-7(17)6(13-16-10)4-12-15-9/h5-6H,2-4H2,1H3,(H2,10,13). The Balaban J connectivity index is 4.55. The third-order valence-corrected chi connectivity index (χ3v) is 1.88. The molecule has 0 spiro atoms. The summed E-state index contributed by atoms with van der Waals surface area (Å²) < 4.78 is 5.02. The van der Waals surface area contributed by atoms with Crippen molar-refractivity contribution in [2.75, 3.05) is 13.1 Å². The fourth-order valence-corrected chi connectivity index (χ4v) is 0.973. The lowest BCUT2D eigenvalue weighted by Gasteiger charge is -2.15. The van der Waals surface area contributed by atoms with E-state index < -0.39 is 18.1 Å². The van der Waals surface area contributed by atoms with E-state index >= 15 is 0 Å². The van der Waals surface area contributed by atoms with Gasteiger partial charge in [0.05, 0.1) is 13.1 Å². The first kappa shape index (κ1) is 15.5. The van der Waals surface area contributed by atoms with Crippen molar-refractivity contribution in [3.05, 3.63) is 20.9 Å². The molecule has 0 amide bonds. The molecule has 0 saturated heterocycles. The Morgan fingerprint density at radius 2 is 1.94 bits per heavy atom. The largest absolute Gasteiger partial charge is 0.461 e. The van der Waals surface area contributed by atoms with E-state index in [2.05, 4.69) is 30.4 Å². The average Bonchev–Trinajstić information content (AvgIpc) is 2.39. The summed E-state index contributed by atoms with van der Waals surface area (Å²) in [6.45, 7) is 1.54. The Morgan fingerprint density at radius 1 is 1.33 bits per heavy atom. The van der Waals surface area contributed by atoms with Crippen molar-refractivity contribution in [3.8, 4) is 0 Å². The minimum atomic E-state index is -1.09. The van der Waals surface area contributed by atoms with Gasteiger partial charge in [-0.25, -0.2) is 4.79 Å². The van der Waals surface area contributed by atoms with Crippen molar-refractivity contribution in [1.29, 1.82) is 0 Å². The number of esters is 1. The summed E-state index contributed by atoms with van der Waals surface area (Å²) in [5.41, 5.74) is 16.3. The molecule has 11 nitrogen and oxygen atoms in total. The Bertz CT molecular complexity index is 382. The maximum absolute atomic E-state index is 11.6. The van der Waals surface area contributed by atoms with E-state index in [0.29, 0.717) is 6.42 Å². The molecule has 0 bridgehead atoms. The molecular formula is C7H13N9O2. The summed E-state index contributed by atoms with van der Waals surface area (Å²) in [7, 11) is 0. The quantitative estimate of drug-likeness (QED) is 0.173. The van der Waals surface area contributed by atoms with Crippen molar-refractivity contribution in [3.63, 3.8) is 0 Å². The van der Waals surface area contributed by atoms with Gasteiger partial charge < -0.3 is 10.6 Å². The predicted molar refractivity (Wildman–Crippen MR) is 61.0 cm³/mol. The highest BCUT2D eigenvalue weighted by atomic mass is 16.5. The van der Waals surface area contributed by atoms with Crippen LogP contribution in [0.1, 0.15) is 13.3 Å². The highest BCUT2D eigenvalue weighted by molar-refractivity contribution is 5.76. The average molecular weight is 255 g/mol. The molecule has 0 aromatic rings. The van der Waals surface area contributed by atoms with Crippen molar-refractivity contribution in [2.45, 2.75) is 25.5 Å². The van der Waals surface area contributed by atoms with Gasteiger partial charge in [0.2, 0.25) is 0 Å². The van der Waals surface area contributed by atoms with Crippen molar-refractivity contribution < 1.29 is 9.53 Å². The molecule has 98 valence electrons. The van der Waals surface area contributed by atoms with Crippen LogP contribution in [0.4, 0.5) is 0 Å². The number of hydrogen-bond donors (Lipinski definition) is 1. The first-order valence-electron chi connectivity index (χ1n) is 5.01. The van der Waals surface area contributed by atoms with Crippen LogP contribution in [0.15, 0.2) is 20.6 Å². The topological polar surface area (TPSA) is 175 Å². The summed E-state index contributed by atoms with van der Waals surface area (Å²) in [4.78, 5) is 16.7. The number of carbonyl (C=O) groups is 1. The van der Waals surface area contributed by atoms with E-state index in [-0.39, 0.29) is 13.1 Å². The fourth-order valence-electron chi connectivity index (χ4n) is 0.973. The molecule has 0 heterocycles. The van der Waals surface area contributed by atoms with Crippen LogP contribution in [0.25, 0.3) is 20.9 Å². The van der Waals surface area contributed by atoms with Crippen LogP contribution < -0.4 is 5.84 Å². The zero-order valence-corrected chi connectivity index (χ0v) is 9.75. The summed E-state index contributed by atoms with van der Waals surface area (Å²) in [5, 5.41) is 12.9. The lowest BCUT2D eigenvalue weighted by atomic mass is 10.2. The van der Waals surface area contributed by atoms with Gasteiger partial charge in [0.1, 0.15) is 6.10 Å². The van der Waals surface area contributed by atoms with Crippen molar-refractivity contribution >= 4 is 5.97 Å². The van der Waals surface area contributed by atoms with E-state index in [0.717, 1.165) is 0 Å². The first-order valence-corrected chi connectivity index (χ1v) is 5.01. The van der Waals surface area contributed by atoms with Crippen LogP contribution in [-0.2, 0) is 9.53 Å². The van der Waals surface area contributed by atoms with E-state index in [9.17, 15) is 4.79 Å². The molecule has 0 aliphatic rings. The molecule has 0 rings (SSSR count). The monoisotopic (exact) mass is 255 g/mol. The number of azide groups is 2. The van der Waals surface area contributed by atoms with Crippen LogP contribution in [0.5, 0.6) is 0 Å². The van der Waals surface area contributed by atoms with Crippen molar-refractivity contribution in [2.24, 2.45) is 26.4 Å². The SMILES string of the molecule is CCC(CN=[N+]=[N-])OC(=O)C(CN=[N+]=[N-])N=NN. The number of ether oxygens (including phenoxy) is 1. The number of hydrogen-bond acceptors (Lipinski definition) is 6. The van der Waals surface area contributed by atoms with Gasteiger partial charge in [0.25, 0.3) is 0 Å². The molecule has 2 N–H and O–H groups in total. The summed E-state index contributed by atoms with van der Waals surface area (Å²) in [6.07, 6.45) is -0.0892. The van der Waals surface area contributed by atoms with E-state index in [1.165, 1.54) is 0 Å². The molecular weight excluding hydrogens is 242 g/mol. The van der Waals surface area contributed by atoms with Crippen LogP contribution >= 0.6 is 0 Å². The molecule has 2 atom stereocenters. The second kappa shape index (κ2) is 9.70. The third-order valence-electron chi connectivity index (χ3n) is 1.88. The van der Waals surface area contributed by atoms with Gasteiger partial charge in [-0.1, -0.05) is 22.4 Å². The Hall–Kier alpha value is -2.51. The number of rotatable bonds is 8. The zero-order valence-electron chi connectivity index (χ0n) is 9.75. The molecule has 11 heteroatoms. The number of nitrogens with two attached hydrogens (primary N) is 1. The fraction of sp³-hybridized carbons (Fsp3) is 0.857. The summed E-state index contributed by atoms with van der Waals surface area (Å²) in [6, 6.07) is -1.09. The van der Waals surface area contributed by atoms with Gasteiger partial charge in [0, 0.05) is 9.82 Å². The minimum absolute atomic E-state index is 0.0206. The highest BCUT2D eigenvalue weighted by Gasteiger charge is 2.22. The Kier molecular flexibility index (Phi) is 8.35. The second-order valence-corrected chi connectivity index (χ2v) is 3.04. The van der Waals surface area contributed by atoms with E-state index in [1.54, 1.807) is 6.92 Å². The molecule has 18 heavy (non-hydrogen) atoms. The van der Waals surface area contributed by atoms with E-state index in [1.807, 2.05) is 0 Å². The summed E-state index contributed by atoms with van der Waals surface area (Å²) >= 11 is 0. The molecule has 2 unspecified atom stereocenters. The molecule has 0 aromatic heterocycles. The summed E-state index contributed by atoms with van der Waals surface area (Å²) in [5.74, 6) is 4.09. The zero-order chi connectivity index (χ0) is 13.8. The normalized spacial score (nSPS) is 13.2. The van der Waals surface area contributed by atoms with Gasteiger partial charge in [0.15, 0.2) is 6.04 Å². The van der Waals surface area contributed by atoms with Crippen LogP contribution in [-0.4, -0.2) is 31.2 Å². The maximum Gasteiger partial charge on any atom is 0.333 e. The molecule has 0 aliphatic carbocycles. The molecule has 0 fully saturated rings. The number of nitrogens with zero attached hydrogens (tertiary/aromatic N) is 8. The minimum Gasteiger partial charge on any atom is -0.461 e.